The molecule has 1 aromatic carbocycles. The second-order valence-corrected chi connectivity index (χ2v) is 10.6. The van der Waals surface area contributed by atoms with Gasteiger partial charge in [-0.2, -0.15) is 13.2 Å². The topological polar surface area (TPSA) is 73.8 Å². The molecule has 32 heavy (non-hydrogen) atoms. The first-order valence-electron chi connectivity index (χ1n) is 9.84. The van der Waals surface area contributed by atoms with Crippen LogP contribution < -0.4 is 5.32 Å². The monoisotopic (exact) mass is 506 g/mol. The standard InChI is InChI=1S/C21H19Cl2F3N2O3S/c1-11-4-12(2-3-17(11)19(29)27-16-9-32(30)10-16)18-8-20(31-28-18,21(24,25)26)13-5-14(22)7-15(23)6-13/h2-3,5-7,11,16H,4,8-10H2,1H3,(H,27,29)/t11?,16-,20?,32+. The van der Waals surface area contributed by atoms with Crippen molar-refractivity contribution < 1.29 is 27.4 Å². The third-order valence-electron chi connectivity index (χ3n) is 5.78. The minimum atomic E-state index is -4.77. The van der Waals surface area contributed by atoms with E-state index in [9.17, 15) is 22.5 Å². The molecule has 1 fully saturated rings. The molecule has 1 aromatic rings. The smallest absolute Gasteiger partial charge is 0.435 e. The average Bonchev–Trinajstić information content (AvgIpc) is 3.12. The zero-order valence-electron chi connectivity index (χ0n) is 16.8. The highest BCUT2D eigenvalue weighted by Crippen LogP contribution is 2.50. The molecule has 0 bridgehead atoms. The molecular weight excluding hydrogens is 488 g/mol. The van der Waals surface area contributed by atoms with Gasteiger partial charge >= 0.3 is 6.18 Å². The van der Waals surface area contributed by atoms with Crippen LogP contribution in [0.5, 0.6) is 0 Å². The second-order valence-electron chi connectivity index (χ2n) is 8.15. The van der Waals surface area contributed by atoms with Crippen molar-refractivity contribution in [3.05, 3.63) is 57.1 Å². The Balaban J connectivity index is 1.55. The van der Waals surface area contributed by atoms with E-state index in [2.05, 4.69) is 10.5 Å². The van der Waals surface area contributed by atoms with Crippen LogP contribution in [0, 0.1) is 5.92 Å². The van der Waals surface area contributed by atoms with Crippen LogP contribution in [0.3, 0.4) is 0 Å². The number of amides is 1. The predicted octanol–water partition coefficient (Wildman–Crippen LogP) is 4.67. The van der Waals surface area contributed by atoms with Gasteiger partial charge in [-0.1, -0.05) is 47.4 Å². The summed E-state index contributed by atoms with van der Waals surface area (Å²) in [5.41, 5.74) is -1.66. The van der Waals surface area contributed by atoms with Crippen LogP contribution in [0.25, 0.3) is 0 Å². The highest BCUT2D eigenvalue weighted by molar-refractivity contribution is 7.92. The van der Waals surface area contributed by atoms with Gasteiger partial charge in [0.25, 0.3) is 5.60 Å². The van der Waals surface area contributed by atoms with E-state index >= 15 is 0 Å². The van der Waals surface area contributed by atoms with Gasteiger partial charge < -0.3 is 14.7 Å². The summed E-state index contributed by atoms with van der Waals surface area (Å²) in [6, 6.07) is 3.59. The highest BCUT2D eigenvalue weighted by atomic mass is 35.5. The summed E-state index contributed by atoms with van der Waals surface area (Å²) < 4.78 is 53.6. The maximum absolute atomic E-state index is 14.1. The van der Waals surface area contributed by atoms with Crippen LogP contribution in [0.2, 0.25) is 10.0 Å². The lowest BCUT2D eigenvalue weighted by Crippen LogP contribution is -2.53. The first-order chi connectivity index (χ1) is 15.0. The molecule has 172 valence electrons. The van der Waals surface area contributed by atoms with Crippen molar-refractivity contribution in [1.29, 1.82) is 0 Å². The number of hydrogen-bond donors (Lipinski definition) is 1. The molecule has 1 saturated heterocycles. The lowest BCUT2D eigenvalue weighted by molar-refractivity contribution is -0.275. The number of rotatable bonds is 4. The molecule has 1 aliphatic carbocycles. The van der Waals surface area contributed by atoms with E-state index in [0.29, 0.717) is 29.1 Å². The van der Waals surface area contributed by atoms with E-state index in [1.54, 1.807) is 12.2 Å². The van der Waals surface area contributed by atoms with Crippen molar-refractivity contribution in [1.82, 2.24) is 5.32 Å². The zero-order valence-corrected chi connectivity index (χ0v) is 19.2. The molecular formula is C21H19Cl2F3N2O3S. The molecule has 2 heterocycles. The third-order valence-corrected chi connectivity index (χ3v) is 7.76. The Morgan fingerprint density at radius 1 is 1.25 bits per heavy atom. The van der Waals surface area contributed by atoms with Crippen LogP contribution in [0.4, 0.5) is 13.2 Å². The molecule has 11 heteroatoms. The van der Waals surface area contributed by atoms with Gasteiger partial charge in [-0.25, -0.2) is 0 Å². The van der Waals surface area contributed by atoms with Gasteiger partial charge in [0.15, 0.2) is 0 Å². The maximum Gasteiger partial charge on any atom is 0.435 e. The average molecular weight is 507 g/mol. The van der Waals surface area contributed by atoms with Gasteiger partial charge in [0.1, 0.15) is 17.5 Å². The first-order valence-corrected chi connectivity index (χ1v) is 12.1. The molecule has 3 aliphatic rings. The van der Waals surface area contributed by atoms with E-state index in [-0.39, 0.29) is 39.2 Å². The van der Waals surface area contributed by atoms with Gasteiger partial charge in [0, 0.05) is 27.6 Å². The zero-order chi connectivity index (χ0) is 23.3. The number of halogens is 5. The predicted molar refractivity (Wildman–Crippen MR) is 117 cm³/mol. The van der Waals surface area contributed by atoms with Crippen molar-refractivity contribution in [3.8, 4) is 0 Å². The lowest BCUT2D eigenvalue weighted by Gasteiger charge is -2.31. The minimum Gasteiger partial charge on any atom is -0.616 e. The number of nitrogens with one attached hydrogen (secondary N) is 1. The number of alkyl halides is 3. The number of oxime groups is 1. The van der Waals surface area contributed by atoms with E-state index in [1.165, 1.54) is 18.2 Å². The van der Waals surface area contributed by atoms with Gasteiger partial charge in [-0.3, -0.25) is 4.79 Å². The summed E-state index contributed by atoms with van der Waals surface area (Å²) in [6.07, 6.45) is -1.76. The Morgan fingerprint density at radius 3 is 2.47 bits per heavy atom. The molecule has 4 rings (SSSR count). The molecule has 1 amide bonds. The number of nitrogens with zero attached hydrogens (tertiary/aromatic N) is 1. The van der Waals surface area contributed by atoms with Gasteiger partial charge in [0.05, 0.1) is 5.71 Å². The molecule has 0 spiro atoms. The second kappa shape index (κ2) is 8.59. The number of allylic oxidation sites excluding steroid dienone is 3. The number of carbonyl (C=O) groups is 1. The number of hydrogen-bond acceptors (Lipinski definition) is 4. The fourth-order valence-corrected chi connectivity index (χ4v) is 5.48. The van der Waals surface area contributed by atoms with E-state index < -0.39 is 29.4 Å². The molecule has 0 saturated carbocycles. The van der Waals surface area contributed by atoms with Crippen molar-refractivity contribution in [3.63, 3.8) is 0 Å². The Bertz CT molecular complexity index is 1020. The molecule has 2 aliphatic heterocycles. The van der Waals surface area contributed by atoms with Crippen LogP contribution in [0.15, 0.2) is 46.7 Å². The van der Waals surface area contributed by atoms with Crippen molar-refractivity contribution in [2.75, 3.05) is 11.5 Å². The molecule has 1 N–H and O–H groups in total. The summed E-state index contributed by atoms with van der Waals surface area (Å²) >= 11 is 11.0. The fraction of sp³-hybridized carbons (Fsp3) is 0.429. The van der Waals surface area contributed by atoms with Crippen LogP contribution >= 0.6 is 23.2 Å². The molecule has 2 atom stereocenters. The van der Waals surface area contributed by atoms with E-state index in [4.69, 9.17) is 28.0 Å². The fourth-order valence-electron chi connectivity index (χ4n) is 3.99. The largest absolute Gasteiger partial charge is 0.616 e. The van der Waals surface area contributed by atoms with Crippen LogP contribution in [-0.4, -0.2) is 39.9 Å². The van der Waals surface area contributed by atoms with Crippen molar-refractivity contribution in [2.45, 2.75) is 37.6 Å². The van der Waals surface area contributed by atoms with Crippen LogP contribution in [0.1, 0.15) is 25.3 Å². The summed E-state index contributed by atoms with van der Waals surface area (Å²) in [7, 11) is 0. The minimum absolute atomic E-state index is 0.0626. The molecule has 0 radical (unpaired) electrons. The van der Waals surface area contributed by atoms with Crippen molar-refractivity contribution in [2.24, 2.45) is 11.1 Å². The summed E-state index contributed by atoms with van der Waals surface area (Å²) in [5, 5.41) is 6.74. The normalized spacial score (nSPS) is 30.0. The Kier molecular flexibility index (Phi) is 6.30. The van der Waals surface area contributed by atoms with Gasteiger partial charge in [0.2, 0.25) is 5.91 Å². The Labute approximate surface area is 195 Å². The molecule has 5 nitrogen and oxygen atoms in total. The first kappa shape index (κ1) is 23.5. The number of carbonyl (C=O) groups excluding carboxylic acids is 1. The number of benzene rings is 1. The summed E-state index contributed by atoms with van der Waals surface area (Å²) in [4.78, 5) is 17.5. The summed E-state index contributed by atoms with van der Waals surface area (Å²) in [5.74, 6) is 0.396. The van der Waals surface area contributed by atoms with Gasteiger partial charge in [-0.05, 0) is 47.3 Å². The summed E-state index contributed by atoms with van der Waals surface area (Å²) in [6.45, 7) is 1.82. The quantitative estimate of drug-likeness (QED) is 0.603. The molecule has 0 aromatic heterocycles. The van der Waals surface area contributed by atoms with Gasteiger partial charge in [-0.15, -0.1) is 0 Å². The Hall–Kier alpha value is -1.68. The SMILES string of the molecule is CC1CC(C2=NOC(c3cc(Cl)cc(Cl)c3)(C(F)(F)F)C2)=CC=C1C(=O)N[C@H]1C[S@@+]([O-])C1. The molecule has 2 unspecified atom stereocenters. The van der Waals surface area contributed by atoms with Crippen LogP contribution in [-0.2, 0) is 26.4 Å². The highest BCUT2D eigenvalue weighted by Gasteiger charge is 2.62. The maximum atomic E-state index is 14.1. The van der Waals surface area contributed by atoms with Crippen molar-refractivity contribution >= 4 is 46.0 Å². The third kappa shape index (κ3) is 4.40. The van der Waals surface area contributed by atoms with E-state index in [0.717, 1.165) is 0 Å². The Morgan fingerprint density at radius 2 is 1.91 bits per heavy atom. The van der Waals surface area contributed by atoms with E-state index in [1.807, 2.05) is 6.92 Å². The lowest BCUT2D eigenvalue weighted by atomic mass is 9.81.